The van der Waals surface area contributed by atoms with Crippen molar-refractivity contribution in [1.29, 1.82) is 0 Å². The number of benzene rings is 2. The summed E-state index contributed by atoms with van der Waals surface area (Å²) in [6, 6.07) is 14.3. The Morgan fingerprint density at radius 3 is 2.07 bits per heavy atom. The molecule has 160 valence electrons. The molecule has 0 aromatic heterocycles. The minimum atomic E-state index is -0.518. The number of carbonyl (C=O) groups excluding carboxylic acids is 3. The zero-order valence-electron chi connectivity index (χ0n) is 18.7. The maximum atomic E-state index is 13.0. The molecular weight excluding hydrogens is 378 g/mol. The van der Waals surface area contributed by atoms with E-state index in [0.29, 0.717) is 29.9 Å². The van der Waals surface area contributed by atoms with Crippen LogP contribution in [-0.2, 0) is 11.3 Å². The molecule has 0 saturated heterocycles. The first-order valence-electron chi connectivity index (χ1n) is 10.0. The van der Waals surface area contributed by atoms with Gasteiger partial charge in [0.05, 0.1) is 0 Å². The Hall–Kier alpha value is -3.15. The molecule has 2 aromatic carbocycles. The van der Waals surface area contributed by atoms with Crippen molar-refractivity contribution in [2.24, 2.45) is 5.41 Å². The first-order valence-corrected chi connectivity index (χ1v) is 10.0. The van der Waals surface area contributed by atoms with Crippen LogP contribution in [0.1, 0.15) is 54.0 Å². The fourth-order valence-corrected chi connectivity index (χ4v) is 2.79. The zero-order chi connectivity index (χ0) is 22.5. The first kappa shape index (κ1) is 23.1. The monoisotopic (exact) mass is 409 g/mol. The predicted molar refractivity (Wildman–Crippen MR) is 119 cm³/mol. The molecular formula is C24H31N3O3. The molecule has 0 aliphatic rings. The van der Waals surface area contributed by atoms with E-state index >= 15 is 0 Å². The highest BCUT2D eigenvalue weighted by molar-refractivity contribution is 5.98. The third kappa shape index (κ3) is 5.92. The number of amides is 3. The lowest BCUT2D eigenvalue weighted by Crippen LogP contribution is -2.31. The number of hydrogen-bond donors (Lipinski definition) is 1. The second-order valence-corrected chi connectivity index (χ2v) is 8.50. The minimum Gasteiger partial charge on any atom is -0.345 e. The fraction of sp³-hybridized carbons (Fsp3) is 0.375. The molecule has 0 aliphatic carbocycles. The predicted octanol–water partition coefficient (Wildman–Crippen LogP) is 4.04. The average molecular weight is 410 g/mol. The molecule has 0 bridgehead atoms. The van der Waals surface area contributed by atoms with Crippen molar-refractivity contribution in [2.45, 2.75) is 34.2 Å². The quantitative estimate of drug-likeness (QED) is 0.783. The number of carbonyl (C=O) groups is 3. The molecule has 0 heterocycles. The Labute approximate surface area is 178 Å². The van der Waals surface area contributed by atoms with Gasteiger partial charge >= 0.3 is 0 Å². The summed E-state index contributed by atoms with van der Waals surface area (Å²) in [5, 5.41) is 2.86. The summed E-state index contributed by atoms with van der Waals surface area (Å²) in [5.41, 5.74) is 2.15. The number of rotatable bonds is 6. The van der Waals surface area contributed by atoms with Gasteiger partial charge in [0.25, 0.3) is 11.8 Å². The van der Waals surface area contributed by atoms with E-state index in [2.05, 4.69) is 5.32 Å². The molecule has 0 saturated carbocycles. The van der Waals surface area contributed by atoms with Crippen LogP contribution in [0.15, 0.2) is 48.5 Å². The average Bonchev–Trinajstić information content (AvgIpc) is 2.70. The molecule has 1 N–H and O–H groups in total. The Morgan fingerprint density at radius 2 is 1.53 bits per heavy atom. The van der Waals surface area contributed by atoms with Crippen molar-refractivity contribution in [1.82, 2.24) is 9.80 Å². The van der Waals surface area contributed by atoms with E-state index in [1.807, 2.05) is 39.8 Å². The van der Waals surface area contributed by atoms with Gasteiger partial charge in [-0.25, -0.2) is 0 Å². The van der Waals surface area contributed by atoms with Gasteiger partial charge in [0.15, 0.2) is 0 Å². The molecule has 2 rings (SSSR count). The van der Waals surface area contributed by atoms with Crippen molar-refractivity contribution in [3.63, 3.8) is 0 Å². The molecule has 0 aliphatic heterocycles. The van der Waals surface area contributed by atoms with Crippen LogP contribution in [0.3, 0.4) is 0 Å². The Kier molecular flexibility index (Phi) is 7.38. The molecule has 0 spiro atoms. The van der Waals surface area contributed by atoms with Crippen molar-refractivity contribution < 1.29 is 14.4 Å². The fourth-order valence-electron chi connectivity index (χ4n) is 2.79. The van der Waals surface area contributed by atoms with Crippen LogP contribution in [-0.4, -0.2) is 48.2 Å². The molecule has 30 heavy (non-hydrogen) atoms. The van der Waals surface area contributed by atoms with Crippen LogP contribution < -0.4 is 5.32 Å². The number of nitrogens with zero attached hydrogens (tertiary/aromatic N) is 2. The van der Waals surface area contributed by atoms with Gasteiger partial charge in [0, 0.05) is 49.4 Å². The molecule has 0 unspecified atom stereocenters. The van der Waals surface area contributed by atoms with Crippen LogP contribution in [0.4, 0.5) is 5.69 Å². The highest BCUT2D eigenvalue weighted by Gasteiger charge is 2.22. The van der Waals surface area contributed by atoms with Crippen LogP contribution in [0.5, 0.6) is 0 Å². The van der Waals surface area contributed by atoms with Gasteiger partial charge in [-0.3, -0.25) is 14.4 Å². The van der Waals surface area contributed by atoms with E-state index in [0.717, 1.165) is 5.56 Å². The summed E-state index contributed by atoms with van der Waals surface area (Å²) in [6.07, 6.45) is 0. The van der Waals surface area contributed by atoms with Crippen LogP contribution in [0, 0.1) is 5.41 Å². The summed E-state index contributed by atoms with van der Waals surface area (Å²) < 4.78 is 0. The number of anilines is 1. The standard InChI is InChI=1S/C24H31N3O3/c1-7-27(16-17-11-13-18(14-12-17)21(28)26(5)6)22(29)19-9-8-10-20(15-19)25-23(30)24(2,3)4/h8-15H,7,16H2,1-6H3,(H,25,30). The SMILES string of the molecule is CCN(Cc1ccc(C(=O)N(C)C)cc1)C(=O)c1cccc(NC(=O)C(C)(C)C)c1. The van der Waals surface area contributed by atoms with Crippen LogP contribution in [0.2, 0.25) is 0 Å². The van der Waals surface area contributed by atoms with Gasteiger partial charge in [-0.05, 0) is 42.8 Å². The third-order valence-corrected chi connectivity index (χ3v) is 4.70. The minimum absolute atomic E-state index is 0.0564. The first-order chi connectivity index (χ1) is 14.0. The zero-order valence-corrected chi connectivity index (χ0v) is 18.7. The molecule has 6 nitrogen and oxygen atoms in total. The lowest BCUT2D eigenvalue weighted by Gasteiger charge is -2.22. The number of nitrogens with one attached hydrogen (secondary N) is 1. The molecule has 0 radical (unpaired) electrons. The van der Waals surface area contributed by atoms with E-state index in [9.17, 15) is 14.4 Å². The largest absolute Gasteiger partial charge is 0.345 e. The Balaban J connectivity index is 2.14. The van der Waals surface area contributed by atoms with Crippen molar-refractivity contribution in [2.75, 3.05) is 26.0 Å². The van der Waals surface area contributed by atoms with E-state index in [1.54, 1.807) is 55.4 Å². The topological polar surface area (TPSA) is 69.7 Å². The smallest absolute Gasteiger partial charge is 0.254 e. The van der Waals surface area contributed by atoms with Crippen molar-refractivity contribution in [3.05, 3.63) is 65.2 Å². The van der Waals surface area contributed by atoms with Gasteiger partial charge < -0.3 is 15.1 Å². The van der Waals surface area contributed by atoms with Gasteiger partial charge in [0.1, 0.15) is 0 Å². The summed E-state index contributed by atoms with van der Waals surface area (Å²) in [5.74, 6) is -0.274. The summed E-state index contributed by atoms with van der Waals surface area (Å²) in [7, 11) is 3.43. The van der Waals surface area contributed by atoms with E-state index < -0.39 is 5.41 Å². The molecule has 0 atom stereocenters. The molecule has 0 fully saturated rings. The van der Waals surface area contributed by atoms with Crippen LogP contribution >= 0.6 is 0 Å². The van der Waals surface area contributed by atoms with Gasteiger partial charge in [-0.2, -0.15) is 0 Å². The van der Waals surface area contributed by atoms with Gasteiger partial charge in [0.2, 0.25) is 5.91 Å². The maximum absolute atomic E-state index is 13.0. The van der Waals surface area contributed by atoms with Crippen molar-refractivity contribution in [3.8, 4) is 0 Å². The van der Waals surface area contributed by atoms with E-state index in [-0.39, 0.29) is 17.7 Å². The second kappa shape index (κ2) is 9.57. The third-order valence-electron chi connectivity index (χ3n) is 4.70. The lowest BCUT2D eigenvalue weighted by atomic mass is 9.95. The van der Waals surface area contributed by atoms with E-state index in [1.165, 1.54) is 4.90 Å². The van der Waals surface area contributed by atoms with Crippen molar-refractivity contribution >= 4 is 23.4 Å². The summed E-state index contributed by atoms with van der Waals surface area (Å²) in [6.45, 7) is 8.42. The Morgan fingerprint density at radius 1 is 0.900 bits per heavy atom. The highest BCUT2D eigenvalue weighted by atomic mass is 16.2. The molecule has 2 aromatic rings. The van der Waals surface area contributed by atoms with Gasteiger partial charge in [-0.15, -0.1) is 0 Å². The summed E-state index contributed by atoms with van der Waals surface area (Å²) >= 11 is 0. The number of hydrogen-bond acceptors (Lipinski definition) is 3. The lowest BCUT2D eigenvalue weighted by molar-refractivity contribution is -0.123. The normalized spacial score (nSPS) is 11.0. The molecule has 3 amide bonds. The maximum Gasteiger partial charge on any atom is 0.254 e. The van der Waals surface area contributed by atoms with E-state index in [4.69, 9.17) is 0 Å². The molecule has 6 heteroatoms. The second-order valence-electron chi connectivity index (χ2n) is 8.50. The summed E-state index contributed by atoms with van der Waals surface area (Å²) in [4.78, 5) is 40.6. The Bertz CT molecular complexity index is 912. The highest BCUT2D eigenvalue weighted by Crippen LogP contribution is 2.19. The van der Waals surface area contributed by atoms with Gasteiger partial charge in [-0.1, -0.05) is 39.0 Å². The van der Waals surface area contributed by atoms with Crippen LogP contribution in [0.25, 0.3) is 0 Å².